The number of methoxy groups -OCH3 is 1. The first kappa shape index (κ1) is 25.2. The van der Waals surface area contributed by atoms with Gasteiger partial charge in [-0.05, 0) is 49.1 Å². The fourth-order valence-electron chi connectivity index (χ4n) is 5.94. The van der Waals surface area contributed by atoms with E-state index in [0.29, 0.717) is 31.2 Å². The van der Waals surface area contributed by atoms with Crippen molar-refractivity contribution in [3.05, 3.63) is 59.3 Å². The summed E-state index contributed by atoms with van der Waals surface area (Å²) in [5.74, 6) is 1.25. The molecule has 1 N–H and O–H groups in total. The lowest BCUT2D eigenvalue weighted by atomic mass is 9.76. The maximum absolute atomic E-state index is 14.0. The van der Waals surface area contributed by atoms with Gasteiger partial charge in [0.1, 0.15) is 0 Å². The smallest absolute Gasteiger partial charge is 0.254 e. The molecule has 7 nitrogen and oxygen atoms in total. The van der Waals surface area contributed by atoms with Crippen molar-refractivity contribution in [1.29, 1.82) is 0 Å². The van der Waals surface area contributed by atoms with Crippen LogP contribution in [-0.4, -0.2) is 59.9 Å². The van der Waals surface area contributed by atoms with Gasteiger partial charge in [0.15, 0.2) is 17.0 Å². The van der Waals surface area contributed by atoms with Crippen LogP contribution >= 0.6 is 0 Å². The SMILES string of the molecule is CCCCCN1CC(=O)N2C[C@@H](c3ccc(OCCC)c(OC)c3)c3c([nH]c4ccccc34)[C@@]2(C)C1=O. The van der Waals surface area contributed by atoms with Crippen LogP contribution in [0.5, 0.6) is 11.5 Å². The average Bonchev–Trinajstić information content (AvgIpc) is 3.31. The molecule has 0 saturated carbocycles. The highest BCUT2D eigenvalue weighted by Gasteiger charge is 2.56. The van der Waals surface area contributed by atoms with E-state index in [1.165, 1.54) is 0 Å². The summed E-state index contributed by atoms with van der Waals surface area (Å²) in [7, 11) is 1.65. The molecule has 5 rings (SSSR count). The number of amides is 2. The Bertz CT molecular complexity index is 1320. The number of nitrogens with zero attached hydrogens (tertiary/aromatic N) is 2. The number of para-hydroxylation sites is 1. The van der Waals surface area contributed by atoms with Crippen LogP contribution in [0, 0.1) is 0 Å². The van der Waals surface area contributed by atoms with Crippen LogP contribution in [-0.2, 0) is 15.1 Å². The highest BCUT2D eigenvalue weighted by molar-refractivity contribution is 6.01. The van der Waals surface area contributed by atoms with E-state index in [-0.39, 0.29) is 24.3 Å². The zero-order valence-electron chi connectivity index (χ0n) is 22.3. The third kappa shape index (κ3) is 4.14. The number of fused-ring (bicyclic) bond motifs is 5. The molecular weight excluding hydrogens is 466 g/mol. The molecule has 2 aliphatic heterocycles. The van der Waals surface area contributed by atoms with Gasteiger partial charge >= 0.3 is 0 Å². The Balaban J connectivity index is 1.63. The maximum Gasteiger partial charge on any atom is 0.254 e. The van der Waals surface area contributed by atoms with Crippen molar-refractivity contribution in [1.82, 2.24) is 14.8 Å². The van der Waals surface area contributed by atoms with Crippen LogP contribution in [0.1, 0.15) is 69.2 Å². The molecule has 2 atom stereocenters. The van der Waals surface area contributed by atoms with Gasteiger partial charge in [0.05, 0.1) is 26.0 Å². The first-order chi connectivity index (χ1) is 17.9. The van der Waals surface area contributed by atoms with Crippen LogP contribution in [0.2, 0.25) is 0 Å². The minimum absolute atomic E-state index is 0.00430. The Morgan fingerprint density at radius 3 is 2.62 bits per heavy atom. The molecule has 0 bridgehead atoms. The number of aromatic amines is 1. The Labute approximate surface area is 218 Å². The number of nitrogens with one attached hydrogen (secondary N) is 1. The predicted molar refractivity (Wildman–Crippen MR) is 144 cm³/mol. The van der Waals surface area contributed by atoms with E-state index in [0.717, 1.165) is 53.4 Å². The molecule has 2 amide bonds. The Hall–Kier alpha value is -3.48. The molecule has 0 radical (unpaired) electrons. The van der Waals surface area contributed by atoms with Crippen LogP contribution < -0.4 is 9.47 Å². The summed E-state index contributed by atoms with van der Waals surface area (Å²) in [5, 5.41) is 1.08. The van der Waals surface area contributed by atoms with Gasteiger partial charge in [0.25, 0.3) is 5.91 Å². The second kappa shape index (κ2) is 10.1. The minimum Gasteiger partial charge on any atom is -0.493 e. The summed E-state index contributed by atoms with van der Waals surface area (Å²) in [4.78, 5) is 34.7. The number of carbonyl (C=O) groups is 2. The van der Waals surface area contributed by atoms with Crippen LogP contribution in [0.3, 0.4) is 0 Å². The third-order valence-corrected chi connectivity index (χ3v) is 7.90. The lowest BCUT2D eigenvalue weighted by Gasteiger charge is -2.51. The first-order valence-corrected chi connectivity index (χ1v) is 13.5. The monoisotopic (exact) mass is 503 g/mol. The van der Waals surface area contributed by atoms with E-state index in [2.05, 4.69) is 31.0 Å². The van der Waals surface area contributed by atoms with E-state index in [9.17, 15) is 9.59 Å². The fourth-order valence-corrected chi connectivity index (χ4v) is 5.94. The van der Waals surface area contributed by atoms with Crippen LogP contribution in [0.15, 0.2) is 42.5 Å². The number of hydrogen-bond acceptors (Lipinski definition) is 4. The number of H-pyrrole nitrogens is 1. The Morgan fingerprint density at radius 2 is 1.86 bits per heavy atom. The normalized spacial score (nSPS) is 21.2. The largest absolute Gasteiger partial charge is 0.493 e. The van der Waals surface area contributed by atoms with Crippen LogP contribution in [0.4, 0.5) is 0 Å². The van der Waals surface area contributed by atoms with Gasteiger partial charge in [-0.1, -0.05) is 51.0 Å². The lowest BCUT2D eigenvalue weighted by Crippen LogP contribution is -2.67. The number of aromatic nitrogens is 1. The topological polar surface area (TPSA) is 74.9 Å². The first-order valence-electron chi connectivity index (χ1n) is 13.5. The lowest BCUT2D eigenvalue weighted by molar-refractivity contribution is -0.166. The average molecular weight is 504 g/mol. The number of hydrogen-bond donors (Lipinski definition) is 1. The summed E-state index contributed by atoms with van der Waals surface area (Å²) < 4.78 is 11.6. The van der Waals surface area contributed by atoms with Gasteiger partial charge in [0.2, 0.25) is 5.91 Å². The third-order valence-electron chi connectivity index (χ3n) is 7.90. The fraction of sp³-hybridized carbons (Fsp3) is 0.467. The van der Waals surface area contributed by atoms with Gasteiger partial charge in [-0.15, -0.1) is 0 Å². The number of rotatable bonds is 9. The Kier molecular flexibility index (Phi) is 6.88. The summed E-state index contributed by atoms with van der Waals surface area (Å²) in [6.07, 6.45) is 3.92. The molecule has 37 heavy (non-hydrogen) atoms. The van der Waals surface area contributed by atoms with Crippen molar-refractivity contribution in [2.75, 3.05) is 33.4 Å². The molecule has 1 saturated heterocycles. The predicted octanol–water partition coefficient (Wildman–Crippen LogP) is 5.19. The molecule has 196 valence electrons. The summed E-state index contributed by atoms with van der Waals surface area (Å²) in [6.45, 7) is 7.90. The molecule has 0 aliphatic carbocycles. The molecule has 1 aromatic heterocycles. The Morgan fingerprint density at radius 1 is 1.05 bits per heavy atom. The number of piperazine rings is 1. The van der Waals surface area contributed by atoms with E-state index in [1.807, 2.05) is 37.3 Å². The van der Waals surface area contributed by atoms with Crippen molar-refractivity contribution >= 4 is 22.7 Å². The standard InChI is InChI=1S/C30H37N3O4/c1-5-7-10-15-32-19-26(34)33-18-22(20-13-14-24(37-16-6-2)25(17-20)36-4)27-21-11-8-9-12-23(21)31-28(27)30(33,3)29(32)35/h8-9,11-14,17,22,31H,5-7,10,15-16,18-19H2,1-4H3/t22-,30-/m0/s1. The van der Waals surface area contributed by atoms with Gasteiger partial charge in [-0.25, -0.2) is 0 Å². The van der Waals surface area contributed by atoms with Gasteiger partial charge in [-0.2, -0.15) is 0 Å². The van der Waals surface area contributed by atoms with Gasteiger partial charge < -0.3 is 24.3 Å². The quantitative estimate of drug-likeness (QED) is 0.408. The van der Waals surface area contributed by atoms with Crippen LogP contribution in [0.25, 0.3) is 10.9 Å². The molecule has 2 aromatic carbocycles. The van der Waals surface area contributed by atoms with Crippen molar-refractivity contribution < 1.29 is 19.1 Å². The highest BCUT2D eigenvalue weighted by atomic mass is 16.5. The summed E-state index contributed by atoms with van der Waals surface area (Å²) in [5.41, 5.74) is 2.82. The molecule has 2 aliphatic rings. The molecule has 7 heteroatoms. The number of ether oxygens (including phenoxy) is 2. The van der Waals surface area contributed by atoms with Crippen molar-refractivity contribution in [3.63, 3.8) is 0 Å². The summed E-state index contributed by atoms with van der Waals surface area (Å²) >= 11 is 0. The van der Waals surface area contributed by atoms with E-state index >= 15 is 0 Å². The number of unbranched alkanes of at least 4 members (excludes halogenated alkanes) is 2. The van der Waals surface area contributed by atoms with E-state index in [4.69, 9.17) is 9.47 Å². The molecule has 1 fully saturated rings. The zero-order chi connectivity index (χ0) is 26.2. The van der Waals surface area contributed by atoms with Crippen molar-refractivity contribution in [2.24, 2.45) is 0 Å². The molecule has 3 aromatic rings. The maximum atomic E-state index is 14.0. The molecule has 3 heterocycles. The zero-order valence-corrected chi connectivity index (χ0v) is 22.3. The van der Waals surface area contributed by atoms with Crippen molar-refractivity contribution in [2.45, 2.75) is 57.9 Å². The van der Waals surface area contributed by atoms with Gasteiger partial charge in [-0.3, -0.25) is 9.59 Å². The van der Waals surface area contributed by atoms with E-state index in [1.54, 1.807) is 16.9 Å². The van der Waals surface area contributed by atoms with E-state index < -0.39 is 5.54 Å². The molecule has 0 spiro atoms. The molecular formula is C30H37N3O4. The minimum atomic E-state index is -1.07. The second-order valence-electron chi connectivity index (χ2n) is 10.3. The van der Waals surface area contributed by atoms with Crippen molar-refractivity contribution in [3.8, 4) is 11.5 Å². The highest BCUT2D eigenvalue weighted by Crippen LogP contribution is 2.49. The number of carbonyl (C=O) groups excluding carboxylic acids is 2. The molecule has 0 unspecified atom stereocenters. The summed E-state index contributed by atoms with van der Waals surface area (Å²) in [6, 6.07) is 14.2. The second-order valence-corrected chi connectivity index (χ2v) is 10.3. The number of benzene rings is 2. The van der Waals surface area contributed by atoms with Gasteiger partial charge in [0, 0.05) is 29.9 Å².